The molecule has 2 aliphatic rings. The topological polar surface area (TPSA) is 69.6 Å². The molecule has 5 nitrogen and oxygen atoms in total. The first-order valence-electron chi connectivity index (χ1n) is 6.85. The van der Waals surface area contributed by atoms with E-state index in [-0.39, 0.29) is 11.8 Å². The average molecular weight is 254 g/mol. The van der Waals surface area contributed by atoms with Crippen molar-refractivity contribution in [1.82, 2.24) is 10.2 Å². The standard InChI is InChI=1S/C13H22N2O3/c1-9(10-7-14-8-10)12(16)15-6-4-2-3-5-11(15)13(17)18/h9-11,14H,2-8H2,1H3,(H,17,18). The maximum Gasteiger partial charge on any atom is 0.326 e. The Morgan fingerprint density at radius 1 is 1.28 bits per heavy atom. The number of nitrogens with one attached hydrogen (secondary N) is 1. The lowest BCUT2D eigenvalue weighted by atomic mass is 9.87. The van der Waals surface area contributed by atoms with E-state index in [1.165, 1.54) is 0 Å². The molecule has 1 amide bonds. The van der Waals surface area contributed by atoms with E-state index < -0.39 is 12.0 Å². The van der Waals surface area contributed by atoms with Crippen LogP contribution in [0.25, 0.3) is 0 Å². The predicted molar refractivity (Wildman–Crippen MR) is 67.1 cm³/mol. The largest absolute Gasteiger partial charge is 0.480 e. The minimum Gasteiger partial charge on any atom is -0.480 e. The third kappa shape index (κ3) is 2.66. The SMILES string of the molecule is CC(C(=O)N1CCCCCC1C(=O)O)C1CNC1. The second kappa shape index (κ2) is 5.69. The molecule has 0 aromatic heterocycles. The van der Waals surface area contributed by atoms with Crippen molar-refractivity contribution in [1.29, 1.82) is 0 Å². The Hall–Kier alpha value is -1.10. The van der Waals surface area contributed by atoms with Gasteiger partial charge in [0.1, 0.15) is 6.04 Å². The van der Waals surface area contributed by atoms with E-state index in [0.717, 1.165) is 32.4 Å². The Balaban J connectivity index is 2.06. The third-order valence-electron chi connectivity index (χ3n) is 4.23. The minimum absolute atomic E-state index is 0.0239. The predicted octanol–water partition coefficient (Wildman–Crippen LogP) is 0.698. The molecule has 18 heavy (non-hydrogen) atoms. The third-order valence-corrected chi connectivity index (χ3v) is 4.23. The van der Waals surface area contributed by atoms with Gasteiger partial charge in [0.05, 0.1) is 0 Å². The number of hydrogen-bond donors (Lipinski definition) is 2. The number of aliphatic carboxylic acids is 1. The van der Waals surface area contributed by atoms with E-state index in [1.54, 1.807) is 4.90 Å². The van der Waals surface area contributed by atoms with E-state index in [0.29, 0.717) is 18.9 Å². The summed E-state index contributed by atoms with van der Waals surface area (Å²) < 4.78 is 0. The molecule has 0 aromatic carbocycles. The van der Waals surface area contributed by atoms with E-state index >= 15 is 0 Å². The molecule has 2 aliphatic heterocycles. The summed E-state index contributed by atoms with van der Waals surface area (Å²) in [4.78, 5) is 25.3. The highest BCUT2D eigenvalue weighted by Crippen LogP contribution is 2.23. The van der Waals surface area contributed by atoms with Crippen LogP contribution in [0.2, 0.25) is 0 Å². The minimum atomic E-state index is -0.857. The zero-order valence-corrected chi connectivity index (χ0v) is 10.9. The number of carbonyl (C=O) groups excluding carboxylic acids is 1. The number of likely N-dealkylation sites (tertiary alicyclic amines) is 1. The van der Waals surface area contributed by atoms with Crippen molar-refractivity contribution >= 4 is 11.9 Å². The number of rotatable bonds is 3. The van der Waals surface area contributed by atoms with Gasteiger partial charge in [-0.2, -0.15) is 0 Å². The molecule has 2 unspecified atom stereocenters. The summed E-state index contributed by atoms with van der Waals surface area (Å²) in [7, 11) is 0. The van der Waals surface area contributed by atoms with Gasteiger partial charge in [-0.15, -0.1) is 0 Å². The van der Waals surface area contributed by atoms with Crippen LogP contribution in [0.4, 0.5) is 0 Å². The highest BCUT2D eigenvalue weighted by molar-refractivity contribution is 5.85. The van der Waals surface area contributed by atoms with Gasteiger partial charge in [-0.05, 0) is 31.8 Å². The van der Waals surface area contributed by atoms with Gasteiger partial charge >= 0.3 is 5.97 Å². The van der Waals surface area contributed by atoms with Crippen molar-refractivity contribution < 1.29 is 14.7 Å². The summed E-state index contributed by atoms with van der Waals surface area (Å²) in [6.07, 6.45) is 3.44. The van der Waals surface area contributed by atoms with Gasteiger partial charge in [-0.25, -0.2) is 4.79 Å². The number of nitrogens with zero attached hydrogens (tertiary/aromatic N) is 1. The molecule has 2 fully saturated rings. The second-order valence-corrected chi connectivity index (χ2v) is 5.44. The molecule has 5 heteroatoms. The van der Waals surface area contributed by atoms with Crippen molar-refractivity contribution in [2.45, 2.75) is 38.6 Å². The lowest BCUT2D eigenvalue weighted by Gasteiger charge is -2.36. The zero-order chi connectivity index (χ0) is 13.1. The molecular weight excluding hydrogens is 232 g/mol. The van der Waals surface area contributed by atoms with Crippen LogP contribution in [-0.4, -0.2) is 47.6 Å². The first kappa shape index (κ1) is 13.3. The molecule has 2 heterocycles. The van der Waals surface area contributed by atoms with Crippen LogP contribution >= 0.6 is 0 Å². The van der Waals surface area contributed by atoms with Crippen LogP contribution in [0.3, 0.4) is 0 Å². The molecule has 2 rings (SSSR count). The van der Waals surface area contributed by atoms with Gasteiger partial charge in [-0.1, -0.05) is 19.8 Å². The molecule has 0 saturated carbocycles. The molecule has 102 valence electrons. The highest BCUT2D eigenvalue weighted by atomic mass is 16.4. The summed E-state index contributed by atoms with van der Waals surface area (Å²) in [5.74, 6) is -0.526. The molecule has 2 atom stereocenters. The van der Waals surface area contributed by atoms with Gasteiger partial charge < -0.3 is 15.3 Å². The van der Waals surface area contributed by atoms with E-state index in [2.05, 4.69) is 5.32 Å². The molecule has 0 spiro atoms. The van der Waals surface area contributed by atoms with Crippen LogP contribution in [0.15, 0.2) is 0 Å². The van der Waals surface area contributed by atoms with Crippen molar-refractivity contribution in [2.24, 2.45) is 11.8 Å². The molecule has 0 radical (unpaired) electrons. The Morgan fingerprint density at radius 2 is 2.00 bits per heavy atom. The van der Waals surface area contributed by atoms with Gasteiger partial charge in [0.2, 0.25) is 5.91 Å². The van der Waals surface area contributed by atoms with E-state index in [4.69, 9.17) is 0 Å². The molecule has 2 saturated heterocycles. The number of carboxylic acids is 1. The smallest absolute Gasteiger partial charge is 0.326 e. The highest BCUT2D eigenvalue weighted by Gasteiger charge is 2.37. The van der Waals surface area contributed by atoms with Crippen molar-refractivity contribution in [2.75, 3.05) is 19.6 Å². The number of carboxylic acid groups (broad SMARTS) is 1. The molecule has 0 aliphatic carbocycles. The maximum atomic E-state index is 12.4. The monoisotopic (exact) mass is 254 g/mol. The quantitative estimate of drug-likeness (QED) is 0.778. The Bertz CT molecular complexity index is 328. The van der Waals surface area contributed by atoms with Crippen LogP contribution < -0.4 is 5.32 Å². The first-order valence-corrected chi connectivity index (χ1v) is 6.85. The van der Waals surface area contributed by atoms with Crippen molar-refractivity contribution in [3.8, 4) is 0 Å². The molecular formula is C13H22N2O3. The van der Waals surface area contributed by atoms with Crippen LogP contribution in [0, 0.1) is 11.8 Å². The summed E-state index contributed by atoms with van der Waals surface area (Å²) in [6.45, 7) is 4.27. The molecule has 0 bridgehead atoms. The van der Waals surface area contributed by atoms with Crippen molar-refractivity contribution in [3.63, 3.8) is 0 Å². The van der Waals surface area contributed by atoms with Gasteiger partial charge in [0.15, 0.2) is 0 Å². The van der Waals surface area contributed by atoms with Gasteiger partial charge in [0.25, 0.3) is 0 Å². The number of carbonyl (C=O) groups is 2. The fourth-order valence-corrected chi connectivity index (χ4v) is 2.76. The molecule has 2 N–H and O–H groups in total. The summed E-state index contributed by atoms with van der Waals surface area (Å²) >= 11 is 0. The number of hydrogen-bond acceptors (Lipinski definition) is 3. The molecule has 0 aromatic rings. The normalized spacial score (nSPS) is 27.2. The van der Waals surface area contributed by atoms with E-state index in [9.17, 15) is 14.7 Å². The van der Waals surface area contributed by atoms with Crippen LogP contribution in [0.5, 0.6) is 0 Å². The Morgan fingerprint density at radius 3 is 2.56 bits per heavy atom. The van der Waals surface area contributed by atoms with Gasteiger partial charge in [-0.3, -0.25) is 4.79 Å². The van der Waals surface area contributed by atoms with Crippen LogP contribution in [-0.2, 0) is 9.59 Å². The maximum absolute atomic E-state index is 12.4. The first-order chi connectivity index (χ1) is 8.61. The summed E-state index contributed by atoms with van der Waals surface area (Å²) in [5.41, 5.74) is 0. The van der Waals surface area contributed by atoms with Crippen LogP contribution in [0.1, 0.15) is 32.6 Å². The fraction of sp³-hybridized carbons (Fsp3) is 0.846. The summed E-state index contributed by atoms with van der Waals surface area (Å²) in [6, 6.07) is -0.615. The number of amides is 1. The fourth-order valence-electron chi connectivity index (χ4n) is 2.76. The Labute approximate surface area is 108 Å². The average Bonchev–Trinajstić information content (AvgIpc) is 2.50. The summed E-state index contributed by atoms with van der Waals surface area (Å²) in [5, 5.41) is 12.4. The Kier molecular flexibility index (Phi) is 4.22. The zero-order valence-electron chi connectivity index (χ0n) is 10.9. The lowest BCUT2D eigenvalue weighted by molar-refractivity contribution is -0.152. The second-order valence-electron chi connectivity index (χ2n) is 5.44. The van der Waals surface area contributed by atoms with E-state index in [1.807, 2.05) is 6.92 Å². The lowest BCUT2D eigenvalue weighted by Crippen LogP contribution is -2.53. The van der Waals surface area contributed by atoms with Crippen molar-refractivity contribution in [3.05, 3.63) is 0 Å². The van der Waals surface area contributed by atoms with Gasteiger partial charge in [0, 0.05) is 12.5 Å².